The maximum atomic E-state index is 12.7. The number of aromatic nitrogens is 2. The average molecular weight is 386 g/mol. The van der Waals surface area contributed by atoms with Crippen molar-refractivity contribution in [3.8, 4) is 11.5 Å². The summed E-state index contributed by atoms with van der Waals surface area (Å²) in [6, 6.07) is 7.60. The molecule has 0 spiro atoms. The molecule has 0 aliphatic carbocycles. The van der Waals surface area contributed by atoms with Gasteiger partial charge in [-0.25, -0.2) is 0 Å². The summed E-state index contributed by atoms with van der Waals surface area (Å²) in [4.78, 5) is 19.3. The number of benzene rings is 1. The molecule has 0 bridgehead atoms. The van der Waals surface area contributed by atoms with Crippen LogP contribution in [-0.2, 0) is 4.74 Å². The van der Waals surface area contributed by atoms with Gasteiger partial charge in [0, 0.05) is 36.8 Å². The van der Waals surface area contributed by atoms with E-state index in [1.807, 2.05) is 12.1 Å². The Morgan fingerprint density at radius 3 is 2.43 bits per heavy atom. The summed E-state index contributed by atoms with van der Waals surface area (Å²) in [5.74, 6) is 1.55. The predicted octanol–water partition coefficient (Wildman–Crippen LogP) is 2.91. The lowest BCUT2D eigenvalue weighted by molar-refractivity contribution is 0.00191. The summed E-state index contributed by atoms with van der Waals surface area (Å²) in [6.07, 6.45) is 2.21. The molecule has 1 fully saturated rings. The van der Waals surface area contributed by atoms with E-state index in [0.717, 1.165) is 44.7 Å². The van der Waals surface area contributed by atoms with E-state index in [2.05, 4.69) is 34.2 Å². The lowest BCUT2D eigenvalue weighted by Gasteiger charge is -2.38. The van der Waals surface area contributed by atoms with Crippen molar-refractivity contribution >= 4 is 5.91 Å². The molecule has 1 N–H and O–H groups in total. The van der Waals surface area contributed by atoms with Crippen LogP contribution in [0.1, 0.15) is 42.9 Å². The van der Waals surface area contributed by atoms with Crippen LogP contribution >= 0.6 is 0 Å². The molecule has 1 aliphatic heterocycles. The van der Waals surface area contributed by atoms with Gasteiger partial charge >= 0.3 is 0 Å². The molecule has 3 rings (SSSR count). The Bertz CT molecular complexity index is 749. The van der Waals surface area contributed by atoms with Crippen molar-refractivity contribution in [2.45, 2.75) is 39.7 Å². The molecule has 28 heavy (non-hydrogen) atoms. The van der Waals surface area contributed by atoms with Gasteiger partial charge in [-0.2, -0.15) is 4.98 Å². The van der Waals surface area contributed by atoms with Crippen LogP contribution in [0.5, 0.6) is 0 Å². The minimum atomic E-state index is -0.0579. The Morgan fingerprint density at radius 2 is 1.86 bits per heavy atom. The number of nitrogens with zero attached hydrogens (tertiary/aromatic N) is 3. The van der Waals surface area contributed by atoms with E-state index in [1.54, 1.807) is 19.1 Å². The van der Waals surface area contributed by atoms with E-state index in [9.17, 15) is 4.79 Å². The summed E-state index contributed by atoms with van der Waals surface area (Å²) >= 11 is 0. The van der Waals surface area contributed by atoms with Crippen LogP contribution in [0.15, 0.2) is 28.8 Å². The Morgan fingerprint density at radius 1 is 1.18 bits per heavy atom. The highest BCUT2D eigenvalue weighted by Gasteiger charge is 2.27. The van der Waals surface area contributed by atoms with Gasteiger partial charge in [-0.1, -0.05) is 31.8 Å². The van der Waals surface area contributed by atoms with Gasteiger partial charge in [-0.3, -0.25) is 9.69 Å². The SMILES string of the molecule is CCC(CC)C(CNC(=O)c1ccc(-c2nc(C)no2)cc1)N1CCOCC1. The van der Waals surface area contributed by atoms with Crippen LogP contribution in [0.25, 0.3) is 11.5 Å². The second-order valence-electron chi connectivity index (χ2n) is 7.23. The van der Waals surface area contributed by atoms with Crippen molar-refractivity contribution in [3.05, 3.63) is 35.7 Å². The monoisotopic (exact) mass is 386 g/mol. The average Bonchev–Trinajstić information content (AvgIpc) is 3.18. The molecule has 1 atom stereocenters. The van der Waals surface area contributed by atoms with E-state index in [0.29, 0.717) is 35.8 Å². The molecule has 0 radical (unpaired) electrons. The molecular weight excluding hydrogens is 356 g/mol. The molecule has 7 heteroatoms. The first-order valence-corrected chi connectivity index (χ1v) is 10.1. The third kappa shape index (κ3) is 4.97. The first-order chi connectivity index (χ1) is 13.6. The minimum Gasteiger partial charge on any atom is -0.379 e. The van der Waals surface area contributed by atoms with Gasteiger partial charge < -0.3 is 14.6 Å². The van der Waals surface area contributed by atoms with Gasteiger partial charge in [0.1, 0.15) is 0 Å². The lowest BCUT2D eigenvalue weighted by atomic mass is 9.92. The lowest BCUT2D eigenvalue weighted by Crippen LogP contribution is -2.52. The number of morpholine rings is 1. The molecule has 1 saturated heterocycles. The molecular formula is C21H30N4O3. The fourth-order valence-corrected chi connectivity index (χ4v) is 3.81. The molecule has 152 valence electrons. The van der Waals surface area contributed by atoms with E-state index >= 15 is 0 Å². The van der Waals surface area contributed by atoms with Crippen molar-refractivity contribution in [2.75, 3.05) is 32.8 Å². The summed E-state index contributed by atoms with van der Waals surface area (Å²) in [6.45, 7) is 10.3. The number of ether oxygens (including phenoxy) is 1. The van der Waals surface area contributed by atoms with Crippen molar-refractivity contribution in [1.29, 1.82) is 0 Å². The Balaban J connectivity index is 1.63. The van der Waals surface area contributed by atoms with Gasteiger partial charge in [0.2, 0.25) is 0 Å². The smallest absolute Gasteiger partial charge is 0.257 e. The second kappa shape index (κ2) is 9.80. The number of amides is 1. The molecule has 2 heterocycles. The maximum absolute atomic E-state index is 12.7. The maximum Gasteiger partial charge on any atom is 0.257 e. The summed E-state index contributed by atoms with van der Waals surface area (Å²) < 4.78 is 10.7. The van der Waals surface area contributed by atoms with Crippen molar-refractivity contribution < 1.29 is 14.1 Å². The zero-order chi connectivity index (χ0) is 19.9. The van der Waals surface area contributed by atoms with Crippen molar-refractivity contribution in [1.82, 2.24) is 20.4 Å². The zero-order valence-corrected chi connectivity index (χ0v) is 17.0. The van der Waals surface area contributed by atoms with Crippen LogP contribution in [0.2, 0.25) is 0 Å². The third-order valence-electron chi connectivity index (χ3n) is 5.50. The van der Waals surface area contributed by atoms with Gasteiger partial charge in [0.25, 0.3) is 11.8 Å². The Kier molecular flexibility index (Phi) is 7.17. The minimum absolute atomic E-state index is 0.0579. The highest BCUT2D eigenvalue weighted by atomic mass is 16.5. The number of carbonyl (C=O) groups excluding carboxylic acids is 1. The molecule has 1 unspecified atom stereocenters. The Hall–Kier alpha value is -2.25. The number of rotatable bonds is 8. The van der Waals surface area contributed by atoms with Crippen molar-refractivity contribution in [2.24, 2.45) is 5.92 Å². The molecule has 7 nitrogen and oxygen atoms in total. The number of aryl methyl sites for hydroxylation is 1. The summed E-state index contributed by atoms with van der Waals surface area (Å²) in [7, 11) is 0. The topological polar surface area (TPSA) is 80.5 Å². The van der Waals surface area contributed by atoms with Gasteiger partial charge in [-0.15, -0.1) is 0 Å². The quantitative estimate of drug-likeness (QED) is 0.751. The first-order valence-electron chi connectivity index (χ1n) is 10.1. The third-order valence-corrected chi connectivity index (χ3v) is 5.50. The van der Waals surface area contributed by atoms with Crippen LogP contribution < -0.4 is 5.32 Å². The molecule has 1 aliphatic rings. The molecule has 1 aromatic heterocycles. The number of nitrogens with one attached hydrogen (secondary N) is 1. The summed E-state index contributed by atoms with van der Waals surface area (Å²) in [5.41, 5.74) is 1.44. The van der Waals surface area contributed by atoms with Crippen molar-refractivity contribution in [3.63, 3.8) is 0 Å². The summed E-state index contributed by atoms with van der Waals surface area (Å²) in [5, 5.41) is 6.93. The number of carbonyl (C=O) groups is 1. The number of hydrogen-bond acceptors (Lipinski definition) is 6. The first kappa shape index (κ1) is 20.5. The van der Waals surface area contributed by atoms with Crippen LogP contribution in [0, 0.1) is 12.8 Å². The molecule has 0 saturated carbocycles. The zero-order valence-electron chi connectivity index (χ0n) is 17.0. The van der Waals surface area contributed by atoms with Crippen LogP contribution in [0.3, 0.4) is 0 Å². The largest absolute Gasteiger partial charge is 0.379 e. The second-order valence-corrected chi connectivity index (χ2v) is 7.23. The fourth-order valence-electron chi connectivity index (χ4n) is 3.81. The van der Waals surface area contributed by atoms with Gasteiger partial charge in [0.15, 0.2) is 5.82 Å². The van der Waals surface area contributed by atoms with E-state index in [1.165, 1.54) is 0 Å². The Labute approximate surface area is 166 Å². The molecule has 1 aromatic carbocycles. The standard InChI is InChI=1S/C21H30N4O3/c1-4-16(5-2)19(25-10-12-27-13-11-25)14-22-20(26)17-6-8-18(9-7-17)21-23-15(3)24-28-21/h6-9,16,19H,4-5,10-14H2,1-3H3,(H,22,26). The van der Waals surface area contributed by atoms with Gasteiger partial charge in [-0.05, 0) is 37.1 Å². The highest BCUT2D eigenvalue weighted by Crippen LogP contribution is 2.20. The molecule has 2 aromatic rings. The van der Waals surface area contributed by atoms with Crippen LogP contribution in [-0.4, -0.2) is 59.8 Å². The van der Waals surface area contributed by atoms with Gasteiger partial charge in [0.05, 0.1) is 13.2 Å². The van der Waals surface area contributed by atoms with Crippen LogP contribution in [0.4, 0.5) is 0 Å². The fraction of sp³-hybridized carbons (Fsp3) is 0.571. The number of hydrogen-bond donors (Lipinski definition) is 1. The normalized spacial score (nSPS) is 16.3. The van der Waals surface area contributed by atoms with E-state index in [4.69, 9.17) is 9.26 Å². The predicted molar refractivity (Wildman–Crippen MR) is 107 cm³/mol. The molecule has 1 amide bonds. The van der Waals surface area contributed by atoms with E-state index < -0.39 is 0 Å². The highest BCUT2D eigenvalue weighted by molar-refractivity contribution is 5.94. The van der Waals surface area contributed by atoms with E-state index in [-0.39, 0.29) is 5.91 Å².